The van der Waals surface area contributed by atoms with Crippen LogP contribution in [0.15, 0.2) is 15.2 Å². The summed E-state index contributed by atoms with van der Waals surface area (Å²) in [7, 11) is 0. The van der Waals surface area contributed by atoms with Crippen molar-refractivity contribution in [3.05, 3.63) is 20.8 Å². The van der Waals surface area contributed by atoms with E-state index in [1.54, 1.807) is 11.3 Å². The van der Waals surface area contributed by atoms with Gasteiger partial charge in [0.25, 0.3) is 0 Å². The lowest BCUT2D eigenvalue weighted by Crippen LogP contribution is -2.31. The summed E-state index contributed by atoms with van der Waals surface area (Å²) in [6, 6.07) is 0. The topological polar surface area (TPSA) is 26.0 Å². The third-order valence-electron chi connectivity index (χ3n) is 1.96. The van der Waals surface area contributed by atoms with Crippen LogP contribution in [0.5, 0.6) is 0 Å². The molecule has 0 amide bonds. The maximum absolute atomic E-state index is 6.06. The zero-order valence-corrected chi connectivity index (χ0v) is 9.13. The van der Waals surface area contributed by atoms with Crippen LogP contribution >= 0.6 is 27.3 Å². The largest absolute Gasteiger partial charge is 0.322 e. The fraction of sp³-hybridized carbons (Fsp3) is 0.500. The van der Waals surface area contributed by atoms with Gasteiger partial charge in [0.15, 0.2) is 0 Å². The third-order valence-corrected chi connectivity index (χ3v) is 3.67. The van der Waals surface area contributed by atoms with Crippen molar-refractivity contribution in [1.29, 1.82) is 0 Å². The molecule has 2 N–H and O–H groups in total. The predicted molar refractivity (Wildman–Crippen MR) is 53.8 cm³/mol. The van der Waals surface area contributed by atoms with E-state index in [0.717, 1.165) is 10.9 Å². The van der Waals surface area contributed by atoms with Crippen LogP contribution in [0.1, 0.15) is 25.8 Å². The molecule has 0 radical (unpaired) electrons. The Bertz CT molecular complexity index is 242. The Labute approximate surface area is 79.7 Å². The normalized spacial score (nSPS) is 16.4. The van der Waals surface area contributed by atoms with Crippen LogP contribution in [0.4, 0.5) is 0 Å². The van der Waals surface area contributed by atoms with Crippen LogP contribution in [0, 0.1) is 0 Å². The molecule has 62 valence electrons. The second kappa shape index (κ2) is 3.25. The van der Waals surface area contributed by atoms with Crippen LogP contribution < -0.4 is 5.73 Å². The van der Waals surface area contributed by atoms with E-state index in [-0.39, 0.29) is 5.54 Å². The fourth-order valence-electron chi connectivity index (χ4n) is 0.879. The smallest absolute Gasteiger partial charge is 0.0397 e. The number of hydrogen-bond donors (Lipinski definition) is 1. The third kappa shape index (κ3) is 1.83. The van der Waals surface area contributed by atoms with Crippen molar-refractivity contribution in [2.75, 3.05) is 0 Å². The monoisotopic (exact) mass is 233 g/mol. The van der Waals surface area contributed by atoms with Crippen molar-refractivity contribution < 1.29 is 0 Å². The molecule has 1 unspecified atom stereocenters. The standard InChI is InChI=1S/C8H12BrNS/c1-3-8(2,10)6-4-11-5-7(6)9/h4-5H,3,10H2,1-2H3. The van der Waals surface area contributed by atoms with Crippen molar-refractivity contribution in [1.82, 2.24) is 0 Å². The second-order valence-corrected chi connectivity index (χ2v) is 4.50. The first-order chi connectivity index (χ1) is 5.08. The van der Waals surface area contributed by atoms with Gasteiger partial charge in [-0.25, -0.2) is 0 Å². The summed E-state index contributed by atoms with van der Waals surface area (Å²) in [6.45, 7) is 4.16. The molecule has 0 aliphatic heterocycles. The van der Waals surface area contributed by atoms with Gasteiger partial charge in [-0.1, -0.05) is 6.92 Å². The first-order valence-corrected chi connectivity index (χ1v) is 5.32. The SMILES string of the molecule is CCC(C)(N)c1cscc1Br. The van der Waals surface area contributed by atoms with Crippen LogP contribution in [0.25, 0.3) is 0 Å². The highest BCUT2D eigenvalue weighted by Gasteiger charge is 2.21. The number of rotatable bonds is 2. The van der Waals surface area contributed by atoms with E-state index in [0.29, 0.717) is 0 Å². The number of hydrogen-bond acceptors (Lipinski definition) is 2. The summed E-state index contributed by atoms with van der Waals surface area (Å²) < 4.78 is 1.13. The summed E-state index contributed by atoms with van der Waals surface area (Å²) >= 11 is 5.15. The average molecular weight is 234 g/mol. The maximum atomic E-state index is 6.06. The molecule has 1 atom stereocenters. The summed E-state index contributed by atoms with van der Waals surface area (Å²) in [5.41, 5.74) is 7.09. The minimum Gasteiger partial charge on any atom is -0.322 e. The van der Waals surface area contributed by atoms with E-state index in [4.69, 9.17) is 5.73 Å². The molecular weight excluding hydrogens is 222 g/mol. The van der Waals surface area contributed by atoms with Crippen LogP contribution in [0.2, 0.25) is 0 Å². The molecule has 3 heteroatoms. The molecule has 0 saturated heterocycles. The van der Waals surface area contributed by atoms with E-state index in [1.807, 2.05) is 0 Å². The van der Waals surface area contributed by atoms with Crippen molar-refractivity contribution in [3.63, 3.8) is 0 Å². The maximum Gasteiger partial charge on any atom is 0.0397 e. The van der Waals surface area contributed by atoms with Gasteiger partial charge in [-0.15, -0.1) is 0 Å². The molecule has 0 saturated carbocycles. The first-order valence-electron chi connectivity index (χ1n) is 3.59. The van der Waals surface area contributed by atoms with Gasteiger partial charge < -0.3 is 5.73 Å². The van der Waals surface area contributed by atoms with E-state index < -0.39 is 0 Å². The van der Waals surface area contributed by atoms with Crippen LogP contribution in [-0.2, 0) is 5.54 Å². The zero-order valence-electron chi connectivity index (χ0n) is 6.73. The lowest BCUT2D eigenvalue weighted by Gasteiger charge is -2.22. The van der Waals surface area contributed by atoms with Gasteiger partial charge in [-0.2, -0.15) is 11.3 Å². The van der Waals surface area contributed by atoms with Crippen molar-refractivity contribution >= 4 is 27.3 Å². The van der Waals surface area contributed by atoms with Gasteiger partial charge in [0.1, 0.15) is 0 Å². The number of thiophene rings is 1. The second-order valence-electron chi connectivity index (χ2n) is 2.90. The molecule has 1 heterocycles. The highest BCUT2D eigenvalue weighted by Crippen LogP contribution is 2.31. The van der Waals surface area contributed by atoms with Crippen molar-refractivity contribution in [3.8, 4) is 0 Å². The summed E-state index contributed by atoms with van der Waals surface area (Å²) in [5.74, 6) is 0. The molecule has 1 aromatic heterocycles. The number of halogens is 1. The molecule has 0 bridgehead atoms. The van der Waals surface area contributed by atoms with Crippen molar-refractivity contribution in [2.45, 2.75) is 25.8 Å². The van der Waals surface area contributed by atoms with E-state index in [1.165, 1.54) is 5.56 Å². The van der Waals surface area contributed by atoms with Gasteiger partial charge in [0.2, 0.25) is 0 Å². The van der Waals surface area contributed by atoms with E-state index in [2.05, 4.69) is 40.5 Å². The number of nitrogens with two attached hydrogens (primary N) is 1. The summed E-state index contributed by atoms with van der Waals surface area (Å²) in [6.07, 6.45) is 0.961. The predicted octanol–water partition coefficient (Wildman–Crippen LogP) is 3.09. The quantitative estimate of drug-likeness (QED) is 0.835. The summed E-state index contributed by atoms with van der Waals surface area (Å²) in [4.78, 5) is 0. The van der Waals surface area contributed by atoms with E-state index >= 15 is 0 Å². The first kappa shape index (κ1) is 9.23. The molecule has 0 aromatic carbocycles. The molecule has 0 fully saturated rings. The fourth-order valence-corrected chi connectivity index (χ4v) is 2.77. The minimum atomic E-state index is -0.182. The van der Waals surface area contributed by atoms with E-state index in [9.17, 15) is 0 Å². The highest BCUT2D eigenvalue weighted by molar-refractivity contribution is 9.10. The molecule has 1 nitrogen and oxygen atoms in total. The Balaban J connectivity index is 3.00. The van der Waals surface area contributed by atoms with Gasteiger partial charge in [0.05, 0.1) is 0 Å². The Kier molecular flexibility index (Phi) is 2.73. The Morgan fingerprint density at radius 1 is 1.64 bits per heavy atom. The summed E-state index contributed by atoms with van der Waals surface area (Å²) in [5, 5.41) is 4.17. The van der Waals surface area contributed by atoms with Gasteiger partial charge in [-0.3, -0.25) is 0 Å². The molecule has 0 aliphatic rings. The highest BCUT2D eigenvalue weighted by atomic mass is 79.9. The molecule has 0 aliphatic carbocycles. The van der Waals surface area contributed by atoms with Crippen molar-refractivity contribution in [2.24, 2.45) is 5.73 Å². The Morgan fingerprint density at radius 2 is 2.27 bits per heavy atom. The lowest BCUT2D eigenvalue weighted by atomic mass is 9.93. The Hall–Kier alpha value is 0.140. The van der Waals surface area contributed by atoms with Crippen LogP contribution in [0.3, 0.4) is 0 Å². The molecule has 11 heavy (non-hydrogen) atoms. The van der Waals surface area contributed by atoms with Gasteiger partial charge in [0, 0.05) is 15.4 Å². The van der Waals surface area contributed by atoms with Gasteiger partial charge in [-0.05, 0) is 40.2 Å². The van der Waals surface area contributed by atoms with Gasteiger partial charge >= 0.3 is 0 Å². The zero-order chi connectivity index (χ0) is 8.48. The molecule has 1 aromatic rings. The molecule has 1 rings (SSSR count). The average Bonchev–Trinajstić information content (AvgIpc) is 2.36. The lowest BCUT2D eigenvalue weighted by molar-refractivity contribution is 0.476. The Morgan fingerprint density at radius 3 is 2.64 bits per heavy atom. The van der Waals surface area contributed by atoms with Crippen LogP contribution in [-0.4, -0.2) is 0 Å². The minimum absolute atomic E-state index is 0.182. The molecular formula is C8H12BrNS. The molecule has 0 spiro atoms.